The molecule has 2 saturated heterocycles. The number of hydrogen-bond acceptors (Lipinski definition) is 6. The van der Waals surface area contributed by atoms with E-state index < -0.39 is 5.97 Å². The minimum Gasteiger partial charge on any atom is -0.460 e. The molecule has 0 bridgehead atoms. The Morgan fingerprint density at radius 1 is 1.24 bits per heavy atom. The third-order valence-corrected chi connectivity index (χ3v) is 5.47. The molecule has 0 unspecified atom stereocenters. The van der Waals surface area contributed by atoms with E-state index in [4.69, 9.17) is 25.4 Å². The lowest BCUT2D eigenvalue weighted by molar-refractivity contribution is -0.143. The van der Waals surface area contributed by atoms with Gasteiger partial charge in [-0.3, -0.25) is 10.2 Å². The van der Waals surface area contributed by atoms with Crippen LogP contribution in [0.1, 0.15) is 37.7 Å². The standard InChI is InChI=1S/C21H30FN3O4/c22-21-16(14-29-20(26)12-19(23)24)2-1-3-18(21)25-8-4-15(5-9-25)13-28-17-6-10-27-11-7-17/h1-3,15,17H,4-14H2,(H3,23,24). The number of esters is 1. The Bertz CT molecular complexity index is 701. The van der Waals surface area contributed by atoms with Crippen molar-refractivity contribution in [2.45, 2.75) is 44.8 Å². The number of ether oxygens (including phenoxy) is 3. The van der Waals surface area contributed by atoms with E-state index >= 15 is 0 Å². The third-order valence-electron chi connectivity index (χ3n) is 5.47. The number of benzene rings is 1. The first-order valence-corrected chi connectivity index (χ1v) is 10.2. The summed E-state index contributed by atoms with van der Waals surface area (Å²) in [7, 11) is 0. The van der Waals surface area contributed by atoms with Gasteiger partial charge in [-0.15, -0.1) is 0 Å². The molecule has 3 N–H and O–H groups in total. The van der Waals surface area contributed by atoms with Crippen LogP contribution in [0, 0.1) is 17.1 Å². The fraction of sp³-hybridized carbons (Fsp3) is 0.619. The molecule has 2 aliphatic rings. The van der Waals surface area contributed by atoms with Gasteiger partial charge in [0.2, 0.25) is 0 Å². The molecule has 0 aliphatic carbocycles. The van der Waals surface area contributed by atoms with Crippen LogP contribution in [0.25, 0.3) is 0 Å². The average Bonchev–Trinajstić information content (AvgIpc) is 2.72. The van der Waals surface area contributed by atoms with Crippen LogP contribution in [-0.2, 0) is 25.6 Å². The summed E-state index contributed by atoms with van der Waals surface area (Å²) >= 11 is 0. The molecule has 8 heteroatoms. The van der Waals surface area contributed by atoms with Crippen molar-refractivity contribution in [2.24, 2.45) is 11.7 Å². The summed E-state index contributed by atoms with van der Waals surface area (Å²) in [5.74, 6) is -0.770. The van der Waals surface area contributed by atoms with Crippen molar-refractivity contribution in [3.05, 3.63) is 29.6 Å². The molecule has 7 nitrogen and oxygen atoms in total. The van der Waals surface area contributed by atoms with E-state index in [2.05, 4.69) is 0 Å². The summed E-state index contributed by atoms with van der Waals surface area (Å²) in [5.41, 5.74) is 6.04. The van der Waals surface area contributed by atoms with Gasteiger partial charge in [-0.1, -0.05) is 12.1 Å². The number of hydrogen-bond donors (Lipinski definition) is 2. The molecule has 160 valence electrons. The molecule has 2 aliphatic heterocycles. The van der Waals surface area contributed by atoms with Crippen molar-refractivity contribution in [2.75, 3.05) is 37.8 Å². The van der Waals surface area contributed by atoms with Gasteiger partial charge in [-0.2, -0.15) is 0 Å². The second kappa shape index (κ2) is 10.5. The Morgan fingerprint density at radius 3 is 2.66 bits per heavy atom. The molecule has 0 aromatic heterocycles. The van der Waals surface area contributed by atoms with E-state index in [0.717, 1.165) is 58.6 Å². The highest BCUT2D eigenvalue weighted by atomic mass is 19.1. The number of piperidine rings is 1. The predicted molar refractivity (Wildman–Crippen MR) is 107 cm³/mol. The first-order chi connectivity index (χ1) is 14.0. The first-order valence-electron chi connectivity index (χ1n) is 10.2. The summed E-state index contributed by atoms with van der Waals surface area (Å²) in [5, 5.41) is 7.10. The molecular formula is C21H30FN3O4. The molecule has 1 aromatic rings. The number of amidine groups is 1. The molecule has 0 atom stereocenters. The van der Waals surface area contributed by atoms with Gasteiger partial charge in [0, 0.05) is 38.5 Å². The lowest BCUT2D eigenvalue weighted by Crippen LogP contribution is -2.36. The number of carbonyl (C=O) groups excluding carboxylic acids is 1. The van der Waals surface area contributed by atoms with Crippen molar-refractivity contribution in [3.63, 3.8) is 0 Å². The molecular weight excluding hydrogens is 377 g/mol. The van der Waals surface area contributed by atoms with Gasteiger partial charge in [0.1, 0.15) is 18.9 Å². The van der Waals surface area contributed by atoms with E-state index in [1.165, 1.54) is 0 Å². The number of anilines is 1. The van der Waals surface area contributed by atoms with Gasteiger partial charge in [0.25, 0.3) is 0 Å². The zero-order valence-electron chi connectivity index (χ0n) is 16.7. The zero-order chi connectivity index (χ0) is 20.6. The first kappa shape index (κ1) is 21.5. The SMILES string of the molecule is N=C(N)CC(=O)OCc1cccc(N2CCC(COC3CCOCC3)CC2)c1F. The van der Waals surface area contributed by atoms with E-state index in [9.17, 15) is 9.18 Å². The van der Waals surface area contributed by atoms with Crippen LogP contribution >= 0.6 is 0 Å². The molecule has 2 heterocycles. The van der Waals surface area contributed by atoms with E-state index in [0.29, 0.717) is 23.3 Å². The normalized spacial score (nSPS) is 18.6. The lowest BCUT2D eigenvalue weighted by Gasteiger charge is -2.35. The second-order valence-electron chi connectivity index (χ2n) is 7.69. The molecule has 1 aromatic carbocycles. The maximum Gasteiger partial charge on any atom is 0.313 e. The van der Waals surface area contributed by atoms with Crippen molar-refractivity contribution in [1.29, 1.82) is 5.41 Å². The minimum atomic E-state index is -0.632. The molecule has 0 amide bonds. The van der Waals surface area contributed by atoms with E-state index in [1.807, 2.05) is 4.90 Å². The highest BCUT2D eigenvalue weighted by Crippen LogP contribution is 2.28. The summed E-state index contributed by atoms with van der Waals surface area (Å²) in [4.78, 5) is 13.6. The van der Waals surface area contributed by atoms with Gasteiger partial charge in [-0.05, 0) is 37.7 Å². The fourth-order valence-electron chi connectivity index (χ4n) is 3.74. The summed E-state index contributed by atoms with van der Waals surface area (Å²) in [6, 6.07) is 5.14. The van der Waals surface area contributed by atoms with E-state index in [1.54, 1.807) is 18.2 Å². The van der Waals surface area contributed by atoms with Crippen molar-refractivity contribution >= 4 is 17.5 Å². The molecule has 0 saturated carbocycles. The number of nitrogens with two attached hydrogens (primary N) is 1. The largest absolute Gasteiger partial charge is 0.460 e. The number of rotatable bonds is 8. The van der Waals surface area contributed by atoms with Gasteiger partial charge < -0.3 is 24.8 Å². The topological polar surface area (TPSA) is 97.9 Å². The number of nitrogens with one attached hydrogen (secondary N) is 1. The van der Waals surface area contributed by atoms with E-state index in [-0.39, 0.29) is 24.7 Å². The summed E-state index contributed by atoms with van der Waals surface area (Å²) in [6.07, 6.45) is 3.87. The maximum absolute atomic E-state index is 14.9. The Balaban J connectivity index is 1.48. The highest BCUT2D eigenvalue weighted by molar-refractivity contribution is 5.94. The Labute approximate surface area is 170 Å². The molecule has 29 heavy (non-hydrogen) atoms. The number of carbonyl (C=O) groups is 1. The monoisotopic (exact) mass is 407 g/mol. The predicted octanol–water partition coefficient (Wildman–Crippen LogP) is 2.61. The van der Waals surface area contributed by atoms with Crippen LogP contribution in [0.2, 0.25) is 0 Å². The number of halogens is 1. The minimum absolute atomic E-state index is 0.165. The van der Waals surface area contributed by atoms with Gasteiger partial charge in [0.05, 0.1) is 11.8 Å². The second-order valence-corrected chi connectivity index (χ2v) is 7.69. The zero-order valence-corrected chi connectivity index (χ0v) is 16.7. The van der Waals surface area contributed by atoms with Crippen LogP contribution in [0.3, 0.4) is 0 Å². The van der Waals surface area contributed by atoms with Crippen LogP contribution in [0.4, 0.5) is 10.1 Å². The Kier molecular flexibility index (Phi) is 7.83. The van der Waals surface area contributed by atoms with Crippen LogP contribution in [0.5, 0.6) is 0 Å². The van der Waals surface area contributed by atoms with Crippen LogP contribution in [0.15, 0.2) is 18.2 Å². The molecule has 0 spiro atoms. The van der Waals surface area contributed by atoms with Crippen molar-refractivity contribution < 1.29 is 23.4 Å². The number of nitrogens with zero attached hydrogens (tertiary/aromatic N) is 1. The maximum atomic E-state index is 14.9. The third kappa shape index (κ3) is 6.40. The smallest absolute Gasteiger partial charge is 0.313 e. The molecule has 2 fully saturated rings. The summed E-state index contributed by atoms with van der Waals surface area (Å²) in [6.45, 7) is 3.69. The van der Waals surface area contributed by atoms with Gasteiger partial charge >= 0.3 is 5.97 Å². The Hall–Kier alpha value is -2.19. The van der Waals surface area contributed by atoms with Gasteiger partial charge in [-0.25, -0.2) is 4.39 Å². The lowest BCUT2D eigenvalue weighted by atomic mass is 9.97. The molecule has 0 radical (unpaired) electrons. The Morgan fingerprint density at radius 2 is 1.97 bits per heavy atom. The average molecular weight is 407 g/mol. The molecule has 3 rings (SSSR count). The quantitative estimate of drug-likeness (QED) is 0.391. The summed E-state index contributed by atoms with van der Waals surface area (Å²) < 4.78 is 31.3. The van der Waals surface area contributed by atoms with Crippen LogP contribution < -0.4 is 10.6 Å². The fourth-order valence-corrected chi connectivity index (χ4v) is 3.74. The van der Waals surface area contributed by atoms with Gasteiger partial charge in [0.15, 0.2) is 5.82 Å². The van der Waals surface area contributed by atoms with Crippen molar-refractivity contribution in [3.8, 4) is 0 Å². The highest BCUT2D eigenvalue weighted by Gasteiger charge is 2.24. The van der Waals surface area contributed by atoms with Crippen LogP contribution in [-0.4, -0.2) is 50.8 Å². The van der Waals surface area contributed by atoms with Crippen molar-refractivity contribution in [1.82, 2.24) is 0 Å².